The fraction of sp³-hybridized carbons (Fsp3) is 0.150. The van der Waals surface area contributed by atoms with Crippen LogP contribution in [-0.4, -0.2) is 22.5 Å². The number of rotatable bonds is 6. The number of carbonyl (C=O) groups is 1. The Kier molecular flexibility index (Phi) is 5.63. The van der Waals surface area contributed by atoms with Crippen molar-refractivity contribution < 1.29 is 9.53 Å². The highest BCUT2D eigenvalue weighted by molar-refractivity contribution is 6.01. The largest absolute Gasteiger partial charge is 0.493 e. The van der Waals surface area contributed by atoms with Crippen molar-refractivity contribution in [2.45, 2.75) is 13.3 Å². The molecule has 1 aromatic heterocycles. The first-order valence-electron chi connectivity index (χ1n) is 8.51. The Bertz CT molecular complexity index is 944. The summed E-state index contributed by atoms with van der Waals surface area (Å²) in [6.07, 6.45) is 0.760. The number of carbonyl (C=O) groups excluding carboxylic acids is 1. The van der Waals surface area contributed by atoms with Crippen molar-refractivity contribution in [3.63, 3.8) is 0 Å². The molecule has 5 N–H and O–H groups in total. The number of hydrazine groups is 1. The minimum absolute atomic E-state index is 0.0789. The SMILES string of the molecule is Cc1nc(N)nc(-c2ccccc2OCCc2ccccc2)c1C(=O)NN. The molecular weight excluding hydrogens is 342 g/mol. The fourth-order valence-electron chi connectivity index (χ4n) is 2.85. The van der Waals surface area contributed by atoms with Crippen LogP contribution >= 0.6 is 0 Å². The van der Waals surface area contributed by atoms with Crippen molar-refractivity contribution in [2.24, 2.45) is 5.84 Å². The predicted molar refractivity (Wildman–Crippen MR) is 104 cm³/mol. The molecule has 0 saturated carbocycles. The van der Waals surface area contributed by atoms with Gasteiger partial charge in [-0.3, -0.25) is 10.2 Å². The third-order valence-electron chi connectivity index (χ3n) is 4.10. The van der Waals surface area contributed by atoms with Gasteiger partial charge >= 0.3 is 0 Å². The summed E-state index contributed by atoms with van der Waals surface area (Å²) in [6, 6.07) is 17.4. The number of ether oxygens (including phenoxy) is 1. The maximum atomic E-state index is 12.3. The summed E-state index contributed by atoms with van der Waals surface area (Å²) < 4.78 is 5.98. The highest BCUT2D eigenvalue weighted by Crippen LogP contribution is 2.32. The van der Waals surface area contributed by atoms with Gasteiger partial charge in [0.2, 0.25) is 5.95 Å². The molecule has 7 heteroatoms. The molecule has 0 aliphatic carbocycles. The number of nitrogens with one attached hydrogen (secondary N) is 1. The molecule has 0 saturated heterocycles. The van der Waals surface area contributed by atoms with E-state index in [2.05, 4.69) is 15.4 Å². The lowest BCUT2D eigenvalue weighted by Crippen LogP contribution is -2.31. The van der Waals surface area contributed by atoms with E-state index >= 15 is 0 Å². The minimum Gasteiger partial charge on any atom is -0.493 e. The van der Waals surface area contributed by atoms with Crippen molar-refractivity contribution in [3.05, 3.63) is 71.4 Å². The molecule has 0 spiro atoms. The summed E-state index contributed by atoms with van der Waals surface area (Å²) in [6.45, 7) is 2.17. The van der Waals surface area contributed by atoms with Gasteiger partial charge in [-0.05, 0) is 24.6 Å². The Morgan fingerprint density at radius 2 is 1.78 bits per heavy atom. The number of nitrogens with zero attached hydrogens (tertiary/aromatic N) is 2. The molecule has 1 amide bonds. The van der Waals surface area contributed by atoms with Crippen LogP contribution in [0.15, 0.2) is 54.6 Å². The molecule has 0 bridgehead atoms. The lowest BCUT2D eigenvalue weighted by atomic mass is 10.0. The number of nitrogens with two attached hydrogens (primary N) is 2. The van der Waals surface area contributed by atoms with Crippen molar-refractivity contribution in [3.8, 4) is 17.0 Å². The Morgan fingerprint density at radius 1 is 1.07 bits per heavy atom. The molecular formula is C20H21N5O2. The van der Waals surface area contributed by atoms with Gasteiger partial charge < -0.3 is 10.5 Å². The van der Waals surface area contributed by atoms with Crippen LogP contribution in [0.3, 0.4) is 0 Å². The number of hydrogen-bond donors (Lipinski definition) is 3. The highest BCUT2D eigenvalue weighted by atomic mass is 16.5. The molecule has 138 valence electrons. The van der Waals surface area contributed by atoms with E-state index in [0.29, 0.717) is 29.3 Å². The molecule has 0 fully saturated rings. The monoisotopic (exact) mass is 363 g/mol. The maximum absolute atomic E-state index is 12.3. The maximum Gasteiger partial charge on any atom is 0.269 e. The summed E-state index contributed by atoms with van der Waals surface area (Å²) >= 11 is 0. The van der Waals surface area contributed by atoms with E-state index in [-0.39, 0.29) is 11.5 Å². The van der Waals surface area contributed by atoms with Gasteiger partial charge in [-0.2, -0.15) is 0 Å². The van der Waals surface area contributed by atoms with E-state index < -0.39 is 5.91 Å². The van der Waals surface area contributed by atoms with E-state index in [9.17, 15) is 4.79 Å². The van der Waals surface area contributed by atoms with Gasteiger partial charge in [0.15, 0.2) is 0 Å². The zero-order valence-electron chi connectivity index (χ0n) is 15.0. The Morgan fingerprint density at radius 3 is 2.52 bits per heavy atom. The Labute approximate surface area is 157 Å². The van der Waals surface area contributed by atoms with Crippen LogP contribution in [0.1, 0.15) is 21.6 Å². The molecule has 27 heavy (non-hydrogen) atoms. The smallest absolute Gasteiger partial charge is 0.269 e. The van der Waals surface area contributed by atoms with E-state index in [1.165, 1.54) is 5.56 Å². The van der Waals surface area contributed by atoms with Crippen LogP contribution in [-0.2, 0) is 6.42 Å². The summed E-state index contributed by atoms with van der Waals surface area (Å²) in [5.41, 5.74) is 10.9. The average Bonchev–Trinajstić information content (AvgIpc) is 2.68. The first-order valence-corrected chi connectivity index (χ1v) is 8.51. The first kappa shape index (κ1) is 18.3. The lowest BCUT2D eigenvalue weighted by Gasteiger charge is -2.15. The van der Waals surface area contributed by atoms with Crippen LogP contribution in [0.2, 0.25) is 0 Å². The second-order valence-corrected chi connectivity index (χ2v) is 5.94. The van der Waals surface area contributed by atoms with Gasteiger partial charge in [0.05, 0.1) is 23.6 Å². The summed E-state index contributed by atoms with van der Waals surface area (Å²) in [7, 11) is 0. The molecule has 7 nitrogen and oxygen atoms in total. The summed E-state index contributed by atoms with van der Waals surface area (Å²) in [4.78, 5) is 20.6. The van der Waals surface area contributed by atoms with Crippen molar-refractivity contribution in [1.82, 2.24) is 15.4 Å². The highest BCUT2D eigenvalue weighted by Gasteiger charge is 2.21. The second-order valence-electron chi connectivity index (χ2n) is 5.94. The molecule has 0 atom stereocenters. The van der Waals surface area contributed by atoms with E-state index in [4.69, 9.17) is 16.3 Å². The Balaban J connectivity index is 1.93. The van der Waals surface area contributed by atoms with E-state index in [1.807, 2.05) is 54.6 Å². The predicted octanol–water partition coefficient (Wildman–Crippen LogP) is 2.26. The summed E-state index contributed by atoms with van der Waals surface area (Å²) in [5.74, 6) is 5.53. The fourth-order valence-corrected chi connectivity index (χ4v) is 2.85. The summed E-state index contributed by atoms with van der Waals surface area (Å²) in [5, 5.41) is 0. The standard InChI is InChI=1S/C20H21N5O2/c1-13-17(19(26)25-22)18(24-20(21)23-13)15-9-5-6-10-16(15)27-12-11-14-7-3-2-4-8-14/h2-10H,11-12,22H2,1H3,(H,25,26)(H2,21,23,24). The number of para-hydroxylation sites is 1. The number of hydrogen-bond acceptors (Lipinski definition) is 6. The number of amides is 1. The molecule has 3 rings (SSSR count). The molecule has 0 aliphatic rings. The van der Waals surface area contributed by atoms with Crippen LogP contribution in [0.4, 0.5) is 5.95 Å². The van der Waals surface area contributed by atoms with Gasteiger partial charge in [-0.25, -0.2) is 15.8 Å². The van der Waals surface area contributed by atoms with Crippen LogP contribution in [0.5, 0.6) is 5.75 Å². The average molecular weight is 363 g/mol. The minimum atomic E-state index is -0.485. The van der Waals surface area contributed by atoms with Crippen LogP contribution in [0.25, 0.3) is 11.3 Å². The number of aromatic nitrogens is 2. The third-order valence-corrected chi connectivity index (χ3v) is 4.10. The van der Waals surface area contributed by atoms with Gasteiger partial charge in [0.1, 0.15) is 5.75 Å². The lowest BCUT2D eigenvalue weighted by molar-refractivity contribution is 0.0953. The normalized spacial score (nSPS) is 10.4. The van der Waals surface area contributed by atoms with Gasteiger partial charge in [0, 0.05) is 12.0 Å². The Hall–Kier alpha value is -3.45. The number of anilines is 1. The van der Waals surface area contributed by atoms with E-state index in [0.717, 1.165) is 6.42 Å². The molecule has 0 unspecified atom stereocenters. The molecule has 0 radical (unpaired) electrons. The van der Waals surface area contributed by atoms with E-state index in [1.54, 1.807) is 6.92 Å². The topological polar surface area (TPSA) is 116 Å². The molecule has 1 heterocycles. The second kappa shape index (κ2) is 8.29. The number of benzene rings is 2. The molecule has 0 aliphatic heterocycles. The van der Waals surface area contributed by atoms with Gasteiger partial charge in [-0.15, -0.1) is 0 Å². The van der Waals surface area contributed by atoms with Crippen molar-refractivity contribution in [2.75, 3.05) is 12.3 Å². The van der Waals surface area contributed by atoms with Crippen molar-refractivity contribution in [1.29, 1.82) is 0 Å². The zero-order chi connectivity index (χ0) is 19.2. The number of nitrogen functional groups attached to an aromatic ring is 2. The quantitative estimate of drug-likeness (QED) is 0.351. The first-order chi connectivity index (χ1) is 13.1. The molecule has 2 aromatic carbocycles. The number of aryl methyl sites for hydroxylation is 1. The zero-order valence-corrected chi connectivity index (χ0v) is 15.0. The van der Waals surface area contributed by atoms with Crippen LogP contribution < -0.4 is 21.7 Å². The molecule has 3 aromatic rings. The van der Waals surface area contributed by atoms with Crippen molar-refractivity contribution >= 4 is 11.9 Å². The van der Waals surface area contributed by atoms with Gasteiger partial charge in [-0.1, -0.05) is 42.5 Å². The van der Waals surface area contributed by atoms with Crippen LogP contribution in [0, 0.1) is 6.92 Å². The van der Waals surface area contributed by atoms with Gasteiger partial charge in [0.25, 0.3) is 5.91 Å². The third kappa shape index (κ3) is 4.21.